The number of methoxy groups -OCH3 is 1. The van der Waals surface area contributed by atoms with Gasteiger partial charge in [-0.3, -0.25) is 9.59 Å². The molecule has 1 saturated heterocycles. The Morgan fingerprint density at radius 1 is 1.16 bits per heavy atom. The first-order valence-electron chi connectivity index (χ1n) is 10.1. The van der Waals surface area contributed by atoms with E-state index in [1.165, 1.54) is 4.90 Å². The number of ketones is 1. The molecule has 7 heteroatoms. The molecule has 2 aromatic carbocycles. The molecule has 0 aliphatic carbocycles. The zero-order chi connectivity index (χ0) is 22.7. The Labute approximate surface area is 187 Å². The van der Waals surface area contributed by atoms with Gasteiger partial charge in [-0.1, -0.05) is 23.7 Å². The predicted molar refractivity (Wildman–Crippen MR) is 121 cm³/mol. The van der Waals surface area contributed by atoms with Gasteiger partial charge in [-0.05, 0) is 75.4 Å². The van der Waals surface area contributed by atoms with Crippen LogP contribution < -0.4 is 4.74 Å². The number of amides is 1. The maximum atomic E-state index is 13.0. The lowest BCUT2D eigenvalue weighted by Gasteiger charge is -2.26. The Bertz CT molecular complexity index is 1010. The van der Waals surface area contributed by atoms with Crippen molar-refractivity contribution in [3.63, 3.8) is 0 Å². The van der Waals surface area contributed by atoms with E-state index in [1.807, 2.05) is 25.9 Å². The second-order valence-electron chi connectivity index (χ2n) is 7.89. The fourth-order valence-corrected chi connectivity index (χ4v) is 3.97. The lowest BCUT2D eigenvalue weighted by atomic mass is 9.94. The molecule has 0 radical (unpaired) electrons. The van der Waals surface area contributed by atoms with Crippen molar-refractivity contribution in [3.05, 3.63) is 69.8 Å². The van der Waals surface area contributed by atoms with Gasteiger partial charge in [0.05, 0.1) is 18.7 Å². The van der Waals surface area contributed by atoms with Crippen LogP contribution >= 0.6 is 11.6 Å². The highest BCUT2D eigenvalue weighted by molar-refractivity contribution is 6.46. The zero-order valence-corrected chi connectivity index (χ0v) is 18.9. The number of carbonyl (C=O) groups is 2. The number of Topliss-reactive ketones (excluding diaryl/α,β-unsaturated/α-hetero) is 1. The average molecular weight is 443 g/mol. The van der Waals surface area contributed by atoms with Crippen LogP contribution in [0.3, 0.4) is 0 Å². The normalized spacial score (nSPS) is 18.1. The number of nitrogens with zero attached hydrogens (tertiary/aromatic N) is 2. The summed E-state index contributed by atoms with van der Waals surface area (Å²) < 4.78 is 5.28. The zero-order valence-electron chi connectivity index (χ0n) is 18.2. The van der Waals surface area contributed by atoms with Gasteiger partial charge in [0.2, 0.25) is 0 Å². The van der Waals surface area contributed by atoms with Crippen molar-refractivity contribution < 1.29 is 19.4 Å². The quantitative estimate of drug-likeness (QED) is 0.398. The van der Waals surface area contributed by atoms with E-state index in [0.29, 0.717) is 29.3 Å². The first-order valence-corrected chi connectivity index (χ1v) is 10.5. The van der Waals surface area contributed by atoms with Crippen molar-refractivity contribution in [1.29, 1.82) is 0 Å². The number of ether oxygens (including phenoxy) is 1. The Morgan fingerprint density at radius 3 is 2.42 bits per heavy atom. The topological polar surface area (TPSA) is 70.1 Å². The van der Waals surface area contributed by atoms with Crippen molar-refractivity contribution in [2.45, 2.75) is 19.4 Å². The van der Waals surface area contributed by atoms with Crippen molar-refractivity contribution in [3.8, 4) is 5.75 Å². The van der Waals surface area contributed by atoms with E-state index < -0.39 is 17.7 Å². The molecule has 1 N–H and O–H groups in total. The molecule has 1 aliphatic rings. The predicted octanol–water partition coefficient (Wildman–Crippen LogP) is 4.03. The minimum absolute atomic E-state index is 0.0849. The van der Waals surface area contributed by atoms with Crippen LogP contribution in [0.4, 0.5) is 0 Å². The summed E-state index contributed by atoms with van der Waals surface area (Å²) >= 11 is 6.05. The minimum Gasteiger partial charge on any atom is -0.507 e. The summed E-state index contributed by atoms with van der Waals surface area (Å²) in [5.41, 5.74) is 2.08. The summed E-state index contributed by atoms with van der Waals surface area (Å²) in [7, 11) is 5.48. The second kappa shape index (κ2) is 9.54. The van der Waals surface area contributed by atoms with Gasteiger partial charge >= 0.3 is 0 Å². The average Bonchev–Trinajstić information content (AvgIpc) is 2.98. The molecular formula is C24H27ClN2O4. The van der Waals surface area contributed by atoms with Crippen LogP contribution in [-0.2, 0) is 9.59 Å². The number of hydrogen-bond acceptors (Lipinski definition) is 5. The summed E-state index contributed by atoms with van der Waals surface area (Å²) in [6.45, 7) is 3.02. The molecule has 1 amide bonds. The van der Waals surface area contributed by atoms with Crippen LogP contribution in [0.1, 0.15) is 29.2 Å². The number of aliphatic hydroxyl groups is 1. The molecule has 164 valence electrons. The number of halogens is 1. The van der Waals surface area contributed by atoms with Gasteiger partial charge < -0.3 is 19.6 Å². The fraction of sp³-hybridized carbons (Fsp3) is 0.333. The number of likely N-dealkylation sites (tertiary alicyclic amines) is 1. The lowest BCUT2D eigenvalue weighted by Crippen LogP contribution is -2.32. The Kier molecular flexibility index (Phi) is 7.03. The van der Waals surface area contributed by atoms with Gasteiger partial charge in [0.15, 0.2) is 0 Å². The SMILES string of the molecule is COc1ccc(/C(O)=C2\C(=O)C(=O)N(CCCN(C)C)[C@@H]2c2ccc(Cl)cc2)cc1C. The van der Waals surface area contributed by atoms with Crippen LogP contribution in [0.2, 0.25) is 5.02 Å². The van der Waals surface area contributed by atoms with Gasteiger partial charge in [-0.2, -0.15) is 0 Å². The van der Waals surface area contributed by atoms with E-state index in [-0.39, 0.29) is 11.3 Å². The number of carbonyl (C=O) groups excluding carboxylic acids is 2. The Balaban J connectivity index is 2.10. The van der Waals surface area contributed by atoms with Crippen molar-refractivity contribution >= 4 is 29.1 Å². The van der Waals surface area contributed by atoms with E-state index in [0.717, 1.165) is 17.7 Å². The third-order valence-electron chi connectivity index (χ3n) is 5.40. The van der Waals surface area contributed by atoms with E-state index in [1.54, 1.807) is 49.6 Å². The maximum Gasteiger partial charge on any atom is 0.295 e. The summed E-state index contributed by atoms with van der Waals surface area (Å²) in [5.74, 6) is -0.810. The summed E-state index contributed by atoms with van der Waals surface area (Å²) in [6, 6.07) is 11.5. The first-order chi connectivity index (χ1) is 14.7. The number of benzene rings is 2. The van der Waals surface area contributed by atoms with Crippen LogP contribution in [-0.4, -0.2) is 60.9 Å². The number of hydrogen-bond donors (Lipinski definition) is 1. The van der Waals surface area contributed by atoms with Crippen LogP contribution in [0, 0.1) is 6.92 Å². The van der Waals surface area contributed by atoms with Gasteiger partial charge in [-0.25, -0.2) is 0 Å². The van der Waals surface area contributed by atoms with Gasteiger partial charge in [0.1, 0.15) is 11.5 Å². The van der Waals surface area contributed by atoms with E-state index in [2.05, 4.69) is 0 Å². The van der Waals surface area contributed by atoms with Gasteiger partial charge in [0, 0.05) is 17.1 Å². The molecule has 1 fully saturated rings. The molecule has 0 spiro atoms. The molecule has 31 heavy (non-hydrogen) atoms. The fourth-order valence-electron chi connectivity index (χ4n) is 3.84. The van der Waals surface area contributed by atoms with Crippen LogP contribution in [0.5, 0.6) is 5.75 Å². The molecule has 0 bridgehead atoms. The molecule has 0 aromatic heterocycles. The molecule has 3 rings (SSSR count). The Hall–Kier alpha value is -2.83. The molecule has 6 nitrogen and oxygen atoms in total. The third-order valence-corrected chi connectivity index (χ3v) is 5.65. The smallest absolute Gasteiger partial charge is 0.295 e. The monoisotopic (exact) mass is 442 g/mol. The van der Waals surface area contributed by atoms with E-state index in [4.69, 9.17) is 16.3 Å². The van der Waals surface area contributed by atoms with Crippen molar-refractivity contribution in [1.82, 2.24) is 9.80 Å². The molecular weight excluding hydrogens is 416 g/mol. The first kappa shape index (κ1) is 22.8. The third kappa shape index (κ3) is 4.75. The van der Waals surface area contributed by atoms with Crippen LogP contribution in [0.15, 0.2) is 48.0 Å². The number of aliphatic hydroxyl groups excluding tert-OH is 1. The molecule has 1 aliphatic heterocycles. The number of aryl methyl sites for hydroxylation is 1. The maximum absolute atomic E-state index is 13.0. The van der Waals surface area contributed by atoms with Crippen LogP contribution in [0.25, 0.3) is 5.76 Å². The number of rotatable bonds is 7. The molecule has 1 heterocycles. The standard InChI is InChI=1S/C24H27ClN2O4/c1-15-14-17(8-11-19(15)31-4)22(28)20-21(16-6-9-18(25)10-7-16)27(24(30)23(20)29)13-5-12-26(2)3/h6-11,14,21,28H,5,12-13H2,1-4H3/b22-20+/t21-/m1/s1. The highest BCUT2D eigenvalue weighted by atomic mass is 35.5. The molecule has 0 saturated carbocycles. The summed E-state index contributed by atoms with van der Waals surface area (Å²) in [6.07, 6.45) is 0.700. The molecule has 0 unspecified atom stereocenters. The van der Waals surface area contributed by atoms with E-state index >= 15 is 0 Å². The summed E-state index contributed by atoms with van der Waals surface area (Å²) in [4.78, 5) is 29.5. The minimum atomic E-state index is -0.684. The van der Waals surface area contributed by atoms with Gasteiger partial charge in [0.25, 0.3) is 11.7 Å². The lowest BCUT2D eigenvalue weighted by molar-refractivity contribution is -0.139. The van der Waals surface area contributed by atoms with E-state index in [9.17, 15) is 14.7 Å². The highest BCUT2D eigenvalue weighted by Crippen LogP contribution is 2.40. The molecule has 2 aromatic rings. The van der Waals surface area contributed by atoms with Crippen molar-refractivity contribution in [2.24, 2.45) is 0 Å². The van der Waals surface area contributed by atoms with Crippen molar-refractivity contribution in [2.75, 3.05) is 34.3 Å². The molecule has 1 atom stereocenters. The Morgan fingerprint density at radius 2 is 1.84 bits per heavy atom. The van der Waals surface area contributed by atoms with Gasteiger partial charge in [-0.15, -0.1) is 0 Å². The second-order valence-corrected chi connectivity index (χ2v) is 8.32. The summed E-state index contributed by atoms with van der Waals surface area (Å²) in [5, 5.41) is 11.7. The largest absolute Gasteiger partial charge is 0.507 e. The highest BCUT2D eigenvalue weighted by Gasteiger charge is 2.45.